The van der Waals surface area contributed by atoms with Gasteiger partial charge in [-0.25, -0.2) is 0 Å². The van der Waals surface area contributed by atoms with Gasteiger partial charge < -0.3 is 9.80 Å². The van der Waals surface area contributed by atoms with Gasteiger partial charge in [0.1, 0.15) is 0 Å². The maximum absolute atomic E-state index is 11.1. The molecule has 3 heteroatoms. The van der Waals surface area contributed by atoms with Crippen LogP contribution < -0.4 is 4.90 Å². The van der Waals surface area contributed by atoms with Crippen molar-refractivity contribution >= 4 is 12.0 Å². The lowest BCUT2D eigenvalue weighted by Crippen LogP contribution is -2.40. The van der Waals surface area contributed by atoms with Crippen LogP contribution in [0.1, 0.15) is 24.2 Å². The highest BCUT2D eigenvalue weighted by Gasteiger charge is 2.15. The molecular weight excluding hydrogens is 212 g/mol. The number of carbonyl (C=O) groups is 1. The molecule has 17 heavy (non-hydrogen) atoms. The molecule has 0 bridgehead atoms. The van der Waals surface area contributed by atoms with E-state index in [2.05, 4.69) is 37.7 Å². The number of hydrogen-bond acceptors (Lipinski definition) is 3. The predicted octanol–water partition coefficient (Wildman–Crippen LogP) is 2.28. The summed E-state index contributed by atoms with van der Waals surface area (Å²) in [7, 11) is 4.13. The number of aldehydes is 1. The van der Waals surface area contributed by atoms with Gasteiger partial charge in [0.25, 0.3) is 0 Å². The van der Waals surface area contributed by atoms with Crippen LogP contribution in [0.2, 0.25) is 0 Å². The first kappa shape index (κ1) is 13.7. The van der Waals surface area contributed by atoms with Gasteiger partial charge in [-0.05, 0) is 40.1 Å². The maximum atomic E-state index is 11.1. The largest absolute Gasteiger partial charge is 0.367 e. The van der Waals surface area contributed by atoms with Crippen LogP contribution in [-0.4, -0.2) is 44.4 Å². The van der Waals surface area contributed by atoms with Gasteiger partial charge in [0.15, 0.2) is 6.29 Å². The third kappa shape index (κ3) is 3.56. The second-order valence-electron chi connectivity index (χ2n) is 4.57. The summed E-state index contributed by atoms with van der Waals surface area (Å²) in [5.41, 5.74) is 1.79. The van der Waals surface area contributed by atoms with Crippen molar-refractivity contribution in [1.29, 1.82) is 0 Å². The highest BCUT2D eigenvalue weighted by Crippen LogP contribution is 2.21. The van der Waals surface area contributed by atoms with Crippen LogP contribution in [0.4, 0.5) is 5.69 Å². The van der Waals surface area contributed by atoms with E-state index in [1.807, 2.05) is 24.3 Å². The molecule has 0 aliphatic carbocycles. The SMILES string of the molecule is CCN(c1ccccc1C=O)C(C)CN(C)C. The number of hydrogen-bond donors (Lipinski definition) is 0. The summed E-state index contributed by atoms with van der Waals surface area (Å²) < 4.78 is 0. The van der Waals surface area contributed by atoms with Crippen LogP contribution in [0.15, 0.2) is 24.3 Å². The number of anilines is 1. The second kappa shape index (κ2) is 6.40. The molecule has 1 atom stereocenters. The zero-order valence-electron chi connectivity index (χ0n) is 11.2. The van der Waals surface area contributed by atoms with Gasteiger partial charge in [-0.2, -0.15) is 0 Å². The highest BCUT2D eigenvalue weighted by atomic mass is 16.1. The van der Waals surface area contributed by atoms with E-state index in [0.29, 0.717) is 6.04 Å². The second-order valence-corrected chi connectivity index (χ2v) is 4.57. The van der Waals surface area contributed by atoms with Gasteiger partial charge in [0.2, 0.25) is 0 Å². The van der Waals surface area contributed by atoms with Crippen LogP contribution in [0, 0.1) is 0 Å². The Balaban J connectivity index is 2.96. The Labute approximate surface area is 104 Å². The summed E-state index contributed by atoms with van der Waals surface area (Å²) in [6.45, 7) is 6.18. The Morgan fingerprint density at radius 3 is 2.47 bits per heavy atom. The summed E-state index contributed by atoms with van der Waals surface area (Å²) >= 11 is 0. The van der Waals surface area contributed by atoms with Crippen molar-refractivity contribution in [1.82, 2.24) is 4.90 Å². The Bertz CT molecular complexity index is 363. The van der Waals surface area contributed by atoms with Crippen molar-refractivity contribution in [3.05, 3.63) is 29.8 Å². The van der Waals surface area contributed by atoms with Crippen LogP contribution in [0.25, 0.3) is 0 Å². The van der Waals surface area contributed by atoms with Crippen molar-refractivity contribution in [3.8, 4) is 0 Å². The van der Waals surface area contributed by atoms with E-state index >= 15 is 0 Å². The molecule has 3 nitrogen and oxygen atoms in total. The van der Waals surface area contributed by atoms with Crippen molar-refractivity contribution in [2.45, 2.75) is 19.9 Å². The first-order valence-corrected chi connectivity index (χ1v) is 6.05. The Kier molecular flexibility index (Phi) is 5.16. The lowest BCUT2D eigenvalue weighted by atomic mass is 10.1. The molecule has 0 aromatic heterocycles. The third-order valence-electron chi connectivity index (χ3n) is 2.88. The van der Waals surface area contributed by atoms with E-state index in [1.165, 1.54) is 0 Å². The minimum absolute atomic E-state index is 0.385. The minimum Gasteiger partial charge on any atom is -0.367 e. The van der Waals surface area contributed by atoms with Crippen molar-refractivity contribution < 1.29 is 4.79 Å². The third-order valence-corrected chi connectivity index (χ3v) is 2.88. The molecule has 0 N–H and O–H groups in total. The Morgan fingerprint density at radius 2 is 1.94 bits per heavy atom. The Hall–Kier alpha value is -1.35. The number of nitrogens with zero attached hydrogens (tertiary/aromatic N) is 2. The van der Waals surface area contributed by atoms with E-state index in [9.17, 15) is 4.79 Å². The van der Waals surface area contributed by atoms with Gasteiger partial charge in [0, 0.05) is 30.4 Å². The van der Waals surface area contributed by atoms with E-state index in [0.717, 1.165) is 30.6 Å². The van der Waals surface area contributed by atoms with Gasteiger partial charge >= 0.3 is 0 Å². The molecule has 0 aliphatic heterocycles. The number of carbonyl (C=O) groups excluding carboxylic acids is 1. The summed E-state index contributed by atoms with van der Waals surface area (Å²) in [5, 5.41) is 0. The number of rotatable bonds is 6. The normalized spacial score (nSPS) is 12.5. The molecule has 0 radical (unpaired) electrons. The molecule has 0 aliphatic rings. The van der Waals surface area contributed by atoms with E-state index in [-0.39, 0.29) is 0 Å². The van der Waals surface area contributed by atoms with Gasteiger partial charge in [0.05, 0.1) is 0 Å². The van der Waals surface area contributed by atoms with Gasteiger partial charge in [-0.15, -0.1) is 0 Å². The van der Waals surface area contributed by atoms with Crippen molar-refractivity contribution in [2.24, 2.45) is 0 Å². The lowest BCUT2D eigenvalue weighted by molar-refractivity contribution is 0.112. The summed E-state index contributed by atoms with van der Waals surface area (Å²) in [4.78, 5) is 15.5. The number of likely N-dealkylation sites (N-methyl/N-ethyl adjacent to an activating group) is 2. The molecule has 0 fully saturated rings. The lowest BCUT2D eigenvalue weighted by Gasteiger charge is -2.32. The fourth-order valence-corrected chi connectivity index (χ4v) is 2.20. The molecule has 0 saturated heterocycles. The van der Waals surface area contributed by atoms with Gasteiger partial charge in [-0.1, -0.05) is 12.1 Å². The van der Waals surface area contributed by atoms with Crippen LogP contribution in [0.5, 0.6) is 0 Å². The first-order chi connectivity index (χ1) is 8.10. The van der Waals surface area contributed by atoms with E-state index < -0.39 is 0 Å². The number of para-hydroxylation sites is 1. The minimum atomic E-state index is 0.385. The summed E-state index contributed by atoms with van der Waals surface area (Å²) in [6.07, 6.45) is 0.931. The average Bonchev–Trinajstić information content (AvgIpc) is 2.29. The topological polar surface area (TPSA) is 23.6 Å². The van der Waals surface area contributed by atoms with Crippen LogP contribution >= 0.6 is 0 Å². The van der Waals surface area contributed by atoms with Crippen LogP contribution in [-0.2, 0) is 0 Å². The highest BCUT2D eigenvalue weighted by molar-refractivity contribution is 5.84. The van der Waals surface area contributed by atoms with Crippen molar-refractivity contribution in [3.63, 3.8) is 0 Å². The smallest absolute Gasteiger partial charge is 0.152 e. The predicted molar refractivity (Wildman–Crippen MR) is 72.9 cm³/mol. The van der Waals surface area contributed by atoms with E-state index in [4.69, 9.17) is 0 Å². The fraction of sp³-hybridized carbons (Fsp3) is 0.500. The monoisotopic (exact) mass is 234 g/mol. The first-order valence-electron chi connectivity index (χ1n) is 6.05. The maximum Gasteiger partial charge on any atom is 0.152 e. The molecule has 1 unspecified atom stereocenters. The zero-order valence-corrected chi connectivity index (χ0v) is 11.2. The molecule has 1 aromatic rings. The molecule has 0 spiro atoms. The Morgan fingerprint density at radius 1 is 1.29 bits per heavy atom. The average molecular weight is 234 g/mol. The quantitative estimate of drug-likeness (QED) is 0.705. The number of benzene rings is 1. The molecule has 0 heterocycles. The standard InChI is InChI=1S/C14H22N2O/c1-5-16(12(2)10-15(3)4)14-9-7-6-8-13(14)11-17/h6-9,11-12H,5,10H2,1-4H3. The fourth-order valence-electron chi connectivity index (χ4n) is 2.20. The molecule has 1 aromatic carbocycles. The molecule has 94 valence electrons. The molecule has 0 saturated carbocycles. The molecule has 0 amide bonds. The van der Waals surface area contributed by atoms with Crippen molar-refractivity contribution in [2.75, 3.05) is 32.1 Å². The zero-order chi connectivity index (χ0) is 12.8. The van der Waals surface area contributed by atoms with Crippen LogP contribution in [0.3, 0.4) is 0 Å². The molecule has 1 rings (SSSR count). The van der Waals surface area contributed by atoms with Gasteiger partial charge in [-0.3, -0.25) is 4.79 Å². The summed E-state index contributed by atoms with van der Waals surface area (Å²) in [6, 6.07) is 8.15. The van der Waals surface area contributed by atoms with E-state index in [1.54, 1.807) is 0 Å². The summed E-state index contributed by atoms with van der Waals surface area (Å²) in [5.74, 6) is 0. The molecular formula is C14H22N2O.